The van der Waals surface area contributed by atoms with Gasteiger partial charge in [-0.2, -0.15) is 0 Å². The van der Waals surface area contributed by atoms with Gasteiger partial charge >= 0.3 is 79.3 Å². The summed E-state index contributed by atoms with van der Waals surface area (Å²) in [6, 6.07) is 0. The first-order valence-electron chi connectivity index (χ1n) is 4.12. The zero-order chi connectivity index (χ0) is 9.56. The first-order valence-corrected chi connectivity index (χ1v) is 9.20. The van der Waals surface area contributed by atoms with Crippen molar-refractivity contribution in [2.75, 3.05) is 6.54 Å². The molecular weight excluding hydrogens is 213 g/mol. The number of carbonyl (C=O) groups excluding carboxylic acids is 1. The van der Waals surface area contributed by atoms with Crippen LogP contribution in [0.4, 0.5) is 0 Å². The van der Waals surface area contributed by atoms with Gasteiger partial charge in [0.2, 0.25) is 0 Å². The van der Waals surface area contributed by atoms with Gasteiger partial charge in [0.1, 0.15) is 0 Å². The molecular formula is C9H18AsNO. The van der Waals surface area contributed by atoms with E-state index >= 15 is 0 Å². The van der Waals surface area contributed by atoms with Gasteiger partial charge in [0.05, 0.1) is 0 Å². The summed E-state index contributed by atoms with van der Waals surface area (Å²) < 4.78 is 0. The van der Waals surface area contributed by atoms with E-state index in [1.165, 1.54) is 5.21 Å². The van der Waals surface area contributed by atoms with Crippen molar-refractivity contribution in [2.24, 2.45) is 0 Å². The average molecular weight is 231 g/mol. The van der Waals surface area contributed by atoms with Crippen LogP contribution in [0.2, 0.25) is 16.6 Å². The third kappa shape index (κ3) is 6.48. The van der Waals surface area contributed by atoms with E-state index in [0.717, 1.165) is 13.0 Å². The van der Waals surface area contributed by atoms with Crippen molar-refractivity contribution in [1.29, 1.82) is 0 Å². The Labute approximate surface area is 79.7 Å². The summed E-state index contributed by atoms with van der Waals surface area (Å²) in [6.07, 6.45) is 1.12. The standard InChI is InChI=1S/C9H18AsNO/c1-8(2)9(12)11-7-5-6-10(3)4/h1,5-7H2,2-4H3,(H,11,12). The van der Waals surface area contributed by atoms with Crippen LogP contribution in [0, 0.1) is 0 Å². The van der Waals surface area contributed by atoms with Crippen LogP contribution in [0.25, 0.3) is 0 Å². The summed E-state index contributed by atoms with van der Waals surface area (Å²) in [5.41, 5.74) is 5.25. The summed E-state index contributed by atoms with van der Waals surface area (Å²) in [4.78, 5) is 11.0. The molecule has 1 amide bonds. The first-order chi connectivity index (χ1) is 5.54. The predicted molar refractivity (Wildman–Crippen MR) is 54.7 cm³/mol. The van der Waals surface area contributed by atoms with E-state index < -0.39 is 14.7 Å². The van der Waals surface area contributed by atoms with Crippen LogP contribution in [0.3, 0.4) is 0 Å². The van der Waals surface area contributed by atoms with Crippen LogP contribution in [-0.2, 0) is 4.79 Å². The molecule has 0 unspecified atom stereocenters. The second kappa shape index (κ2) is 6.30. The quantitative estimate of drug-likeness (QED) is 0.436. The Morgan fingerprint density at radius 3 is 2.50 bits per heavy atom. The topological polar surface area (TPSA) is 29.1 Å². The van der Waals surface area contributed by atoms with E-state index in [-0.39, 0.29) is 5.91 Å². The van der Waals surface area contributed by atoms with Gasteiger partial charge in [0.25, 0.3) is 0 Å². The fraction of sp³-hybridized carbons (Fsp3) is 0.667. The second-order valence-corrected chi connectivity index (χ2v) is 8.66. The monoisotopic (exact) mass is 231 g/mol. The molecule has 0 aromatic rings. The maximum atomic E-state index is 11.0. The summed E-state index contributed by atoms with van der Waals surface area (Å²) >= 11 is -0.489. The number of hydrogen-bond acceptors (Lipinski definition) is 1. The van der Waals surface area contributed by atoms with Crippen LogP contribution < -0.4 is 5.32 Å². The van der Waals surface area contributed by atoms with E-state index in [4.69, 9.17) is 0 Å². The first kappa shape index (κ1) is 11.8. The maximum absolute atomic E-state index is 11.0. The van der Waals surface area contributed by atoms with Gasteiger partial charge in [-0.05, 0) is 0 Å². The summed E-state index contributed by atoms with van der Waals surface area (Å²) in [7, 11) is 0. The molecule has 0 aromatic carbocycles. The van der Waals surface area contributed by atoms with E-state index in [0.29, 0.717) is 5.57 Å². The fourth-order valence-corrected chi connectivity index (χ4v) is 2.41. The van der Waals surface area contributed by atoms with Crippen molar-refractivity contribution in [1.82, 2.24) is 5.32 Å². The van der Waals surface area contributed by atoms with Crippen LogP contribution in [0.5, 0.6) is 0 Å². The van der Waals surface area contributed by atoms with Gasteiger partial charge in [-0.3, -0.25) is 0 Å². The van der Waals surface area contributed by atoms with Crippen LogP contribution in [0.1, 0.15) is 13.3 Å². The SMILES string of the molecule is C=C(C)C(=O)NCCC[As](C)C. The second-order valence-electron chi connectivity index (χ2n) is 3.19. The summed E-state index contributed by atoms with van der Waals surface area (Å²) in [6.45, 7) is 6.10. The molecule has 0 spiro atoms. The van der Waals surface area contributed by atoms with Crippen molar-refractivity contribution in [2.45, 2.75) is 30.0 Å². The Morgan fingerprint density at radius 2 is 2.08 bits per heavy atom. The Morgan fingerprint density at radius 1 is 1.50 bits per heavy atom. The molecule has 12 heavy (non-hydrogen) atoms. The Bertz CT molecular complexity index is 166. The Kier molecular flexibility index (Phi) is 6.18. The normalized spacial score (nSPS) is 10.0. The van der Waals surface area contributed by atoms with Crippen LogP contribution in [0.15, 0.2) is 12.2 Å². The molecule has 3 heteroatoms. The number of carbonyl (C=O) groups is 1. The molecule has 0 fully saturated rings. The van der Waals surface area contributed by atoms with E-state index in [1.807, 2.05) is 0 Å². The van der Waals surface area contributed by atoms with Crippen LogP contribution in [-0.4, -0.2) is 27.1 Å². The van der Waals surface area contributed by atoms with Gasteiger partial charge in [-0.15, -0.1) is 0 Å². The van der Waals surface area contributed by atoms with Crippen molar-refractivity contribution in [3.63, 3.8) is 0 Å². The molecule has 70 valence electrons. The summed E-state index contributed by atoms with van der Waals surface area (Å²) in [5, 5.41) is 4.13. The van der Waals surface area contributed by atoms with Crippen molar-refractivity contribution >= 4 is 20.6 Å². The van der Waals surface area contributed by atoms with Crippen molar-refractivity contribution in [3.05, 3.63) is 12.2 Å². The fourth-order valence-electron chi connectivity index (χ4n) is 0.748. The predicted octanol–water partition coefficient (Wildman–Crippen LogP) is 1.82. The van der Waals surface area contributed by atoms with Crippen molar-refractivity contribution < 1.29 is 4.79 Å². The van der Waals surface area contributed by atoms with Crippen molar-refractivity contribution in [3.8, 4) is 0 Å². The Hall–Kier alpha value is -0.232. The molecule has 0 aliphatic carbocycles. The molecule has 2 nitrogen and oxygen atoms in total. The third-order valence-corrected chi connectivity index (χ3v) is 4.00. The van der Waals surface area contributed by atoms with Gasteiger partial charge in [0, 0.05) is 0 Å². The van der Waals surface area contributed by atoms with Gasteiger partial charge in [-0.25, -0.2) is 0 Å². The average Bonchev–Trinajstić information content (AvgIpc) is 1.97. The summed E-state index contributed by atoms with van der Waals surface area (Å²) in [5.74, 6) is -0.0127. The molecule has 0 atom stereocenters. The van der Waals surface area contributed by atoms with Gasteiger partial charge < -0.3 is 0 Å². The van der Waals surface area contributed by atoms with E-state index in [2.05, 4.69) is 23.3 Å². The van der Waals surface area contributed by atoms with Gasteiger partial charge in [0.15, 0.2) is 0 Å². The minimum absolute atomic E-state index is 0.0127. The molecule has 0 saturated heterocycles. The molecule has 0 aromatic heterocycles. The van der Waals surface area contributed by atoms with Gasteiger partial charge in [-0.1, -0.05) is 0 Å². The van der Waals surface area contributed by atoms with Crippen LogP contribution >= 0.6 is 0 Å². The molecule has 0 heterocycles. The molecule has 0 saturated carbocycles. The molecule has 0 rings (SSSR count). The molecule has 0 aliphatic rings. The number of rotatable bonds is 5. The Balaban J connectivity index is 3.32. The zero-order valence-electron chi connectivity index (χ0n) is 8.18. The van der Waals surface area contributed by atoms with E-state index in [1.54, 1.807) is 6.92 Å². The molecule has 0 bridgehead atoms. The zero-order valence-corrected chi connectivity index (χ0v) is 10.1. The number of hydrogen-bond donors (Lipinski definition) is 1. The molecule has 1 N–H and O–H groups in total. The third-order valence-electron chi connectivity index (χ3n) is 1.46. The molecule has 0 aliphatic heterocycles. The van der Waals surface area contributed by atoms with E-state index in [9.17, 15) is 4.79 Å². The minimum atomic E-state index is -0.489. The molecule has 0 radical (unpaired) electrons. The number of nitrogens with one attached hydrogen (secondary N) is 1. The number of amides is 1.